The van der Waals surface area contributed by atoms with Crippen LogP contribution in [0, 0.1) is 11.6 Å². The highest BCUT2D eigenvalue weighted by Gasteiger charge is 2.29. The molecule has 0 fully saturated rings. The van der Waals surface area contributed by atoms with Gasteiger partial charge in [0, 0.05) is 24.6 Å². The largest absolute Gasteiger partial charge is 0.497 e. The summed E-state index contributed by atoms with van der Waals surface area (Å²) >= 11 is 0. The normalized spacial score (nSPS) is 14.8. The van der Waals surface area contributed by atoms with Crippen LogP contribution in [0.1, 0.15) is 27.9 Å². The maximum atomic E-state index is 14.2. The van der Waals surface area contributed by atoms with Gasteiger partial charge in [-0.05, 0) is 35.9 Å². The molecule has 1 aliphatic rings. The second kappa shape index (κ2) is 10.3. The Morgan fingerprint density at radius 1 is 1.06 bits per heavy atom. The molecule has 3 aromatic carbocycles. The zero-order chi connectivity index (χ0) is 24.1. The van der Waals surface area contributed by atoms with Crippen molar-refractivity contribution >= 4 is 11.6 Å². The highest BCUT2D eigenvalue weighted by Crippen LogP contribution is 2.27. The first-order valence-electron chi connectivity index (χ1n) is 10.7. The molecule has 0 N–H and O–H groups in total. The van der Waals surface area contributed by atoms with Gasteiger partial charge in [0.2, 0.25) is 0 Å². The maximum absolute atomic E-state index is 14.2. The van der Waals surface area contributed by atoms with Crippen molar-refractivity contribution in [3.63, 3.8) is 0 Å². The molecule has 6 nitrogen and oxygen atoms in total. The van der Waals surface area contributed by atoms with E-state index in [4.69, 9.17) is 14.3 Å². The Morgan fingerprint density at radius 3 is 2.53 bits per heavy atom. The fraction of sp³-hybridized carbons (Fsp3) is 0.231. The van der Waals surface area contributed by atoms with Gasteiger partial charge in [0.15, 0.2) is 6.10 Å². The maximum Gasteiger partial charge on any atom is 0.258 e. The average molecular weight is 466 g/mol. The summed E-state index contributed by atoms with van der Waals surface area (Å²) in [5, 5.41) is 4.06. The number of carbonyl (C=O) groups excluding carboxylic acids is 1. The fourth-order valence-corrected chi connectivity index (χ4v) is 3.80. The Kier molecular flexibility index (Phi) is 7.06. The Bertz CT molecular complexity index is 1200. The number of nitrogens with zero attached hydrogens (tertiary/aromatic N) is 2. The average Bonchev–Trinajstić information content (AvgIpc) is 3.32. The first-order valence-corrected chi connectivity index (χ1v) is 10.7. The van der Waals surface area contributed by atoms with Gasteiger partial charge in [0.05, 0.1) is 32.0 Å². The van der Waals surface area contributed by atoms with Gasteiger partial charge in [-0.15, -0.1) is 0 Å². The number of carbonyl (C=O) groups is 1. The van der Waals surface area contributed by atoms with E-state index in [1.165, 1.54) is 32.4 Å². The van der Waals surface area contributed by atoms with Crippen LogP contribution in [-0.4, -0.2) is 43.4 Å². The van der Waals surface area contributed by atoms with E-state index in [-0.39, 0.29) is 30.6 Å². The zero-order valence-electron chi connectivity index (χ0n) is 18.8. The molecule has 0 radical (unpaired) electrons. The monoisotopic (exact) mass is 466 g/mol. The standard InChI is InChI=1S/C26H24F2N2O4/c1-32-19-11-12-22(25(14-19)33-2)26(31)30(15-17-7-9-18(27)10-8-17)16-20-13-24(29-34-20)21-5-3-4-6-23(21)28/h3-12,14,20H,13,15-16H2,1-2H3. The first kappa shape index (κ1) is 23.2. The molecule has 8 heteroatoms. The molecular weight excluding hydrogens is 442 g/mol. The molecule has 176 valence electrons. The predicted molar refractivity (Wildman–Crippen MR) is 123 cm³/mol. The van der Waals surface area contributed by atoms with Crippen LogP contribution < -0.4 is 9.47 Å². The number of halogens is 2. The highest BCUT2D eigenvalue weighted by atomic mass is 19.1. The number of methoxy groups -OCH3 is 2. The van der Waals surface area contributed by atoms with Crippen LogP contribution in [-0.2, 0) is 11.4 Å². The third-order valence-corrected chi connectivity index (χ3v) is 5.55. The lowest BCUT2D eigenvalue weighted by Gasteiger charge is -2.26. The Balaban J connectivity index is 1.57. The molecule has 1 heterocycles. The lowest BCUT2D eigenvalue weighted by Crippen LogP contribution is -2.37. The first-order chi connectivity index (χ1) is 16.5. The molecule has 0 spiro atoms. The summed E-state index contributed by atoms with van der Waals surface area (Å²) < 4.78 is 38.2. The summed E-state index contributed by atoms with van der Waals surface area (Å²) in [4.78, 5) is 20.7. The van der Waals surface area contributed by atoms with Gasteiger partial charge in [-0.3, -0.25) is 4.79 Å². The quantitative estimate of drug-likeness (QED) is 0.478. The van der Waals surface area contributed by atoms with E-state index in [9.17, 15) is 13.6 Å². The molecule has 1 aliphatic heterocycles. The second-order valence-corrected chi connectivity index (χ2v) is 7.83. The number of hydrogen-bond donors (Lipinski definition) is 0. The van der Waals surface area contributed by atoms with Crippen LogP contribution in [0.5, 0.6) is 11.5 Å². The van der Waals surface area contributed by atoms with E-state index in [0.29, 0.717) is 34.8 Å². The summed E-state index contributed by atoms with van der Waals surface area (Å²) in [5.74, 6) is -0.121. The van der Waals surface area contributed by atoms with Gasteiger partial charge in [0.25, 0.3) is 5.91 Å². The van der Waals surface area contributed by atoms with Gasteiger partial charge in [-0.1, -0.05) is 35.5 Å². The van der Waals surface area contributed by atoms with Gasteiger partial charge in [-0.25, -0.2) is 8.78 Å². The van der Waals surface area contributed by atoms with Crippen LogP contribution >= 0.6 is 0 Å². The van der Waals surface area contributed by atoms with E-state index < -0.39 is 6.10 Å². The van der Waals surface area contributed by atoms with E-state index in [0.717, 1.165) is 5.56 Å². The van der Waals surface area contributed by atoms with Crippen molar-refractivity contribution < 1.29 is 27.9 Å². The van der Waals surface area contributed by atoms with Gasteiger partial charge < -0.3 is 19.2 Å². The van der Waals surface area contributed by atoms with E-state index in [1.807, 2.05) is 0 Å². The third kappa shape index (κ3) is 5.17. The van der Waals surface area contributed by atoms with E-state index in [1.54, 1.807) is 53.4 Å². The Hall–Kier alpha value is -3.94. The molecule has 3 aromatic rings. The number of oxime groups is 1. The second-order valence-electron chi connectivity index (χ2n) is 7.83. The van der Waals surface area contributed by atoms with E-state index >= 15 is 0 Å². The molecule has 0 bridgehead atoms. The van der Waals surface area contributed by atoms with Gasteiger partial charge in [0.1, 0.15) is 23.1 Å². The molecule has 0 aliphatic carbocycles. The van der Waals surface area contributed by atoms with Crippen molar-refractivity contribution in [2.45, 2.75) is 19.1 Å². The predicted octanol–water partition coefficient (Wildman–Crippen LogP) is 4.82. The van der Waals surface area contributed by atoms with E-state index in [2.05, 4.69) is 5.16 Å². The zero-order valence-corrected chi connectivity index (χ0v) is 18.8. The minimum Gasteiger partial charge on any atom is -0.497 e. The molecule has 1 atom stereocenters. The van der Waals surface area contributed by atoms with Crippen LogP contribution in [0.2, 0.25) is 0 Å². The van der Waals surface area contributed by atoms with Crippen molar-refractivity contribution in [3.8, 4) is 11.5 Å². The summed E-state index contributed by atoms with van der Waals surface area (Å²) in [6.45, 7) is 0.399. The summed E-state index contributed by atoms with van der Waals surface area (Å²) in [6.07, 6.45) is -0.128. The lowest BCUT2D eigenvalue weighted by atomic mass is 10.0. The van der Waals surface area contributed by atoms with Crippen molar-refractivity contribution in [3.05, 3.63) is 95.1 Å². The minimum absolute atomic E-state index is 0.187. The number of benzene rings is 3. The molecule has 0 saturated heterocycles. The van der Waals surface area contributed by atoms with Crippen molar-refractivity contribution in [1.29, 1.82) is 0 Å². The minimum atomic E-state index is -0.469. The molecule has 0 saturated carbocycles. The summed E-state index contributed by atoms with van der Waals surface area (Å²) in [6, 6.07) is 17.2. The highest BCUT2D eigenvalue weighted by molar-refractivity contribution is 6.01. The fourth-order valence-electron chi connectivity index (χ4n) is 3.80. The smallest absolute Gasteiger partial charge is 0.258 e. The number of hydrogen-bond acceptors (Lipinski definition) is 5. The number of amides is 1. The van der Waals surface area contributed by atoms with Gasteiger partial charge in [-0.2, -0.15) is 0 Å². The lowest BCUT2D eigenvalue weighted by molar-refractivity contribution is 0.0403. The van der Waals surface area contributed by atoms with Crippen LogP contribution in [0.4, 0.5) is 8.78 Å². The van der Waals surface area contributed by atoms with Crippen LogP contribution in [0.25, 0.3) is 0 Å². The molecule has 0 aromatic heterocycles. The Labute approximate surface area is 196 Å². The summed E-state index contributed by atoms with van der Waals surface area (Å²) in [5.41, 5.74) is 1.95. The van der Waals surface area contributed by atoms with Crippen molar-refractivity contribution in [2.24, 2.45) is 5.16 Å². The molecule has 1 amide bonds. The molecule has 34 heavy (non-hydrogen) atoms. The van der Waals surface area contributed by atoms with Crippen LogP contribution in [0.15, 0.2) is 71.9 Å². The van der Waals surface area contributed by atoms with Gasteiger partial charge >= 0.3 is 0 Å². The van der Waals surface area contributed by atoms with Crippen molar-refractivity contribution in [1.82, 2.24) is 4.90 Å². The molecule has 4 rings (SSSR count). The number of rotatable bonds is 8. The molecule has 1 unspecified atom stereocenters. The number of ether oxygens (including phenoxy) is 2. The summed E-state index contributed by atoms with van der Waals surface area (Å²) in [7, 11) is 3.01. The van der Waals surface area contributed by atoms with Crippen molar-refractivity contribution in [2.75, 3.05) is 20.8 Å². The Morgan fingerprint density at radius 2 is 1.82 bits per heavy atom. The third-order valence-electron chi connectivity index (χ3n) is 5.55. The molecular formula is C26H24F2N2O4. The van der Waals surface area contributed by atoms with Crippen LogP contribution in [0.3, 0.4) is 0 Å². The SMILES string of the molecule is COc1ccc(C(=O)N(Cc2ccc(F)cc2)CC2CC(c3ccccc3F)=NO2)c(OC)c1. The topological polar surface area (TPSA) is 60.4 Å².